The van der Waals surface area contributed by atoms with E-state index in [1.807, 2.05) is 0 Å². The number of carbonyl (C=O) groups excluding carboxylic acids is 1. The van der Waals surface area contributed by atoms with Gasteiger partial charge in [-0.05, 0) is 12.8 Å². The monoisotopic (exact) mass is 256 g/mol. The van der Waals surface area contributed by atoms with E-state index < -0.39 is 22.5 Å². The molecule has 0 aliphatic heterocycles. The molecule has 2 N–H and O–H groups in total. The van der Waals surface area contributed by atoms with Crippen molar-refractivity contribution in [3.05, 3.63) is 10.1 Å². The zero-order chi connectivity index (χ0) is 13.2. The maximum Gasteiger partial charge on any atom is 0.230 e. The summed E-state index contributed by atoms with van der Waals surface area (Å²) in [7, 11) is 0. The SMILES string of the molecule is O=C(NCC1(O)CCCCCC1)[C@@H]1C[C@H]1[N+](=O)[O-]. The highest BCUT2D eigenvalue weighted by atomic mass is 16.6. The van der Waals surface area contributed by atoms with Gasteiger partial charge in [-0.1, -0.05) is 25.7 Å². The van der Waals surface area contributed by atoms with Gasteiger partial charge in [0.1, 0.15) is 5.92 Å². The fourth-order valence-electron chi connectivity index (χ4n) is 2.64. The van der Waals surface area contributed by atoms with Crippen LogP contribution in [0.4, 0.5) is 0 Å². The van der Waals surface area contributed by atoms with Crippen molar-refractivity contribution in [1.29, 1.82) is 0 Å². The Kier molecular flexibility index (Phi) is 3.85. The molecule has 2 aliphatic carbocycles. The van der Waals surface area contributed by atoms with Crippen molar-refractivity contribution in [2.75, 3.05) is 6.54 Å². The molecule has 0 aromatic carbocycles. The Morgan fingerprint density at radius 3 is 2.44 bits per heavy atom. The van der Waals surface area contributed by atoms with Crippen LogP contribution in [0.2, 0.25) is 0 Å². The third kappa shape index (κ3) is 3.19. The van der Waals surface area contributed by atoms with Gasteiger partial charge in [0.2, 0.25) is 11.9 Å². The second-order valence-corrected chi connectivity index (χ2v) is 5.55. The Balaban J connectivity index is 1.77. The van der Waals surface area contributed by atoms with Gasteiger partial charge in [-0.15, -0.1) is 0 Å². The van der Waals surface area contributed by atoms with E-state index in [1.54, 1.807) is 0 Å². The van der Waals surface area contributed by atoms with Gasteiger partial charge in [-0.25, -0.2) is 0 Å². The van der Waals surface area contributed by atoms with Crippen LogP contribution in [-0.4, -0.2) is 34.1 Å². The summed E-state index contributed by atoms with van der Waals surface area (Å²) in [5.74, 6) is -0.774. The number of carbonyl (C=O) groups is 1. The van der Waals surface area contributed by atoms with E-state index in [9.17, 15) is 20.0 Å². The van der Waals surface area contributed by atoms with Crippen molar-refractivity contribution in [2.45, 2.75) is 56.6 Å². The lowest BCUT2D eigenvalue weighted by Crippen LogP contribution is -2.43. The molecule has 0 unspecified atom stereocenters. The molecule has 0 saturated heterocycles. The number of amides is 1. The van der Waals surface area contributed by atoms with Crippen molar-refractivity contribution in [1.82, 2.24) is 5.32 Å². The Morgan fingerprint density at radius 2 is 1.94 bits per heavy atom. The summed E-state index contributed by atoms with van der Waals surface area (Å²) < 4.78 is 0. The smallest absolute Gasteiger partial charge is 0.230 e. The molecule has 6 nitrogen and oxygen atoms in total. The molecule has 2 fully saturated rings. The zero-order valence-corrected chi connectivity index (χ0v) is 10.4. The van der Waals surface area contributed by atoms with Crippen molar-refractivity contribution < 1.29 is 14.8 Å². The molecule has 0 heterocycles. The number of nitrogens with one attached hydrogen (secondary N) is 1. The summed E-state index contributed by atoms with van der Waals surface area (Å²) >= 11 is 0. The van der Waals surface area contributed by atoms with Crippen LogP contribution in [0.1, 0.15) is 44.9 Å². The first kappa shape index (κ1) is 13.3. The third-order valence-corrected chi connectivity index (χ3v) is 3.99. The predicted molar refractivity (Wildman–Crippen MR) is 64.6 cm³/mol. The van der Waals surface area contributed by atoms with E-state index in [0.29, 0.717) is 19.3 Å². The molecule has 102 valence electrons. The first-order chi connectivity index (χ1) is 8.52. The van der Waals surface area contributed by atoms with E-state index in [2.05, 4.69) is 5.32 Å². The summed E-state index contributed by atoms with van der Waals surface area (Å²) in [5.41, 5.74) is -0.814. The molecule has 18 heavy (non-hydrogen) atoms. The van der Waals surface area contributed by atoms with Gasteiger partial charge < -0.3 is 10.4 Å². The molecule has 2 rings (SSSR count). The summed E-state index contributed by atoms with van der Waals surface area (Å²) in [4.78, 5) is 21.7. The van der Waals surface area contributed by atoms with Crippen LogP contribution in [-0.2, 0) is 4.79 Å². The zero-order valence-electron chi connectivity index (χ0n) is 10.4. The lowest BCUT2D eigenvalue weighted by atomic mass is 9.94. The minimum atomic E-state index is -0.814. The fraction of sp³-hybridized carbons (Fsp3) is 0.917. The maximum absolute atomic E-state index is 11.7. The Morgan fingerprint density at radius 1 is 1.33 bits per heavy atom. The largest absolute Gasteiger partial charge is 0.388 e. The second kappa shape index (κ2) is 5.22. The topological polar surface area (TPSA) is 92.5 Å². The van der Waals surface area contributed by atoms with Crippen LogP contribution < -0.4 is 5.32 Å². The highest BCUT2D eigenvalue weighted by Crippen LogP contribution is 2.33. The number of hydrogen-bond donors (Lipinski definition) is 2. The van der Waals surface area contributed by atoms with E-state index in [4.69, 9.17) is 0 Å². The minimum absolute atomic E-state index is 0.229. The lowest BCUT2D eigenvalue weighted by molar-refractivity contribution is -0.497. The van der Waals surface area contributed by atoms with Crippen molar-refractivity contribution in [3.63, 3.8) is 0 Å². The Bertz CT molecular complexity index is 337. The third-order valence-electron chi connectivity index (χ3n) is 3.99. The lowest BCUT2D eigenvalue weighted by Gasteiger charge is -2.26. The predicted octanol–water partition coefficient (Wildman–Crippen LogP) is 0.853. The second-order valence-electron chi connectivity index (χ2n) is 5.55. The normalized spacial score (nSPS) is 30.3. The van der Waals surface area contributed by atoms with Crippen LogP contribution in [0.3, 0.4) is 0 Å². The number of aliphatic hydroxyl groups is 1. The molecular weight excluding hydrogens is 236 g/mol. The summed E-state index contributed by atoms with van der Waals surface area (Å²) in [6.45, 7) is 0.229. The fourth-order valence-corrected chi connectivity index (χ4v) is 2.64. The van der Waals surface area contributed by atoms with Crippen molar-refractivity contribution >= 4 is 5.91 Å². The van der Waals surface area contributed by atoms with E-state index >= 15 is 0 Å². The summed E-state index contributed by atoms with van der Waals surface area (Å²) in [6.07, 6.45) is 5.95. The highest BCUT2D eigenvalue weighted by Gasteiger charge is 2.53. The quantitative estimate of drug-likeness (QED) is 0.443. The summed E-state index contributed by atoms with van der Waals surface area (Å²) in [5, 5.41) is 23.5. The van der Waals surface area contributed by atoms with Gasteiger partial charge >= 0.3 is 0 Å². The van der Waals surface area contributed by atoms with Gasteiger partial charge in [-0.3, -0.25) is 14.9 Å². The molecular formula is C12H20N2O4. The van der Waals surface area contributed by atoms with Crippen molar-refractivity contribution in [2.24, 2.45) is 5.92 Å². The van der Waals surface area contributed by atoms with E-state index in [1.165, 1.54) is 0 Å². The van der Waals surface area contributed by atoms with Crippen LogP contribution in [0, 0.1) is 16.0 Å². The van der Waals surface area contributed by atoms with Crippen LogP contribution in [0.25, 0.3) is 0 Å². The molecule has 2 aliphatic rings. The van der Waals surface area contributed by atoms with Crippen molar-refractivity contribution in [3.8, 4) is 0 Å². The van der Waals surface area contributed by atoms with Gasteiger partial charge in [0.15, 0.2) is 0 Å². The molecule has 0 radical (unpaired) electrons. The highest BCUT2D eigenvalue weighted by molar-refractivity contribution is 5.82. The Hall–Kier alpha value is -1.17. The molecule has 0 spiro atoms. The number of hydrogen-bond acceptors (Lipinski definition) is 4. The van der Waals surface area contributed by atoms with Crippen LogP contribution >= 0.6 is 0 Å². The molecule has 0 bridgehead atoms. The maximum atomic E-state index is 11.7. The number of nitro groups is 1. The van der Waals surface area contributed by atoms with Gasteiger partial charge in [0.05, 0.1) is 5.60 Å². The van der Waals surface area contributed by atoms with Gasteiger partial charge in [-0.2, -0.15) is 0 Å². The molecule has 1 amide bonds. The van der Waals surface area contributed by atoms with Crippen LogP contribution in [0.15, 0.2) is 0 Å². The standard InChI is InChI=1S/C12H20N2O4/c15-11(9-7-10(9)14(17)18)13-8-12(16)5-3-1-2-4-6-12/h9-10,16H,1-8H2,(H,13,15)/t9-,10-/m1/s1. The molecule has 2 saturated carbocycles. The molecule has 0 aromatic rings. The van der Waals surface area contributed by atoms with Gasteiger partial charge in [0, 0.05) is 17.9 Å². The number of nitrogens with zero attached hydrogens (tertiary/aromatic N) is 1. The van der Waals surface area contributed by atoms with Gasteiger partial charge in [0.25, 0.3) is 0 Å². The molecule has 6 heteroatoms. The first-order valence-electron chi connectivity index (χ1n) is 6.65. The Labute approximate surface area is 106 Å². The summed E-state index contributed by atoms with van der Waals surface area (Å²) in [6, 6.07) is -0.714. The average Bonchev–Trinajstić information content (AvgIpc) is 3.10. The molecule has 2 atom stereocenters. The van der Waals surface area contributed by atoms with Crippen LogP contribution in [0.5, 0.6) is 0 Å². The molecule has 0 aromatic heterocycles. The first-order valence-corrected chi connectivity index (χ1v) is 6.65. The van der Waals surface area contributed by atoms with E-state index in [-0.39, 0.29) is 12.5 Å². The van der Waals surface area contributed by atoms with E-state index in [0.717, 1.165) is 25.7 Å². The average molecular weight is 256 g/mol. The number of rotatable bonds is 4. The minimum Gasteiger partial charge on any atom is -0.388 e.